The summed E-state index contributed by atoms with van der Waals surface area (Å²) in [5, 5.41) is 5.79. The Morgan fingerprint density at radius 2 is 2.07 bits per heavy atom. The standard InChI is InChI=1S/C20H20F2N2O3S2/c1-3-27-19(26)16-12-6-4-10(2)8-15(12)29-18(16)24-20(28)23-17(25)11-5-7-13(21)14(22)9-11/h5,7,9-10H,3-4,6,8H2,1-2H3,(H2,23,24,25,28). The number of ether oxygens (including phenoxy) is 1. The van der Waals surface area contributed by atoms with Crippen molar-refractivity contribution in [1.29, 1.82) is 0 Å². The molecule has 1 amide bonds. The zero-order chi connectivity index (χ0) is 21.1. The van der Waals surface area contributed by atoms with Crippen LogP contribution in [0.15, 0.2) is 18.2 Å². The summed E-state index contributed by atoms with van der Waals surface area (Å²) in [4.78, 5) is 25.9. The molecule has 0 aliphatic heterocycles. The summed E-state index contributed by atoms with van der Waals surface area (Å²) in [6.45, 7) is 4.14. The van der Waals surface area contributed by atoms with Crippen molar-refractivity contribution in [3.63, 3.8) is 0 Å². The number of rotatable bonds is 4. The average Bonchev–Trinajstić information content (AvgIpc) is 3.00. The molecule has 1 aromatic heterocycles. The second-order valence-electron chi connectivity index (χ2n) is 6.81. The van der Waals surface area contributed by atoms with Gasteiger partial charge in [-0.1, -0.05) is 6.92 Å². The number of thiophene rings is 1. The van der Waals surface area contributed by atoms with Crippen molar-refractivity contribution in [2.75, 3.05) is 11.9 Å². The molecule has 9 heteroatoms. The van der Waals surface area contributed by atoms with E-state index >= 15 is 0 Å². The number of nitrogens with one attached hydrogen (secondary N) is 2. The van der Waals surface area contributed by atoms with Crippen molar-refractivity contribution in [2.45, 2.75) is 33.1 Å². The third kappa shape index (κ3) is 4.79. The normalized spacial score (nSPS) is 15.4. The van der Waals surface area contributed by atoms with Gasteiger partial charge in [0.05, 0.1) is 12.2 Å². The van der Waals surface area contributed by atoms with Crippen molar-refractivity contribution in [3.8, 4) is 0 Å². The molecule has 0 spiro atoms. The summed E-state index contributed by atoms with van der Waals surface area (Å²) in [5.74, 6) is -2.77. The van der Waals surface area contributed by atoms with Crippen molar-refractivity contribution >= 4 is 45.5 Å². The van der Waals surface area contributed by atoms with Crippen LogP contribution in [-0.4, -0.2) is 23.6 Å². The monoisotopic (exact) mass is 438 g/mol. The molecule has 2 N–H and O–H groups in total. The molecule has 29 heavy (non-hydrogen) atoms. The summed E-state index contributed by atoms with van der Waals surface area (Å²) in [6, 6.07) is 2.82. The lowest BCUT2D eigenvalue weighted by atomic mass is 9.88. The summed E-state index contributed by atoms with van der Waals surface area (Å²) in [5.41, 5.74) is 1.34. The number of fused-ring (bicyclic) bond motifs is 1. The van der Waals surface area contributed by atoms with E-state index in [-0.39, 0.29) is 17.3 Å². The maximum Gasteiger partial charge on any atom is 0.341 e. The summed E-state index contributed by atoms with van der Waals surface area (Å²) in [7, 11) is 0. The SMILES string of the molecule is CCOC(=O)c1c(NC(=S)NC(=O)c2ccc(F)c(F)c2)sc2c1CCC(C)C2. The molecule has 1 aliphatic rings. The van der Waals surface area contributed by atoms with Crippen molar-refractivity contribution in [3.05, 3.63) is 51.4 Å². The molecule has 0 radical (unpaired) electrons. The van der Waals surface area contributed by atoms with Crippen LogP contribution in [0.25, 0.3) is 0 Å². The predicted octanol–water partition coefficient (Wildman–Crippen LogP) is 4.45. The van der Waals surface area contributed by atoms with Gasteiger partial charge in [0, 0.05) is 10.4 Å². The number of hydrogen-bond donors (Lipinski definition) is 2. The molecular formula is C20H20F2N2O3S2. The molecule has 0 fully saturated rings. The van der Waals surface area contributed by atoms with Gasteiger partial charge >= 0.3 is 5.97 Å². The highest BCUT2D eigenvalue weighted by Crippen LogP contribution is 2.40. The fraction of sp³-hybridized carbons (Fsp3) is 0.350. The van der Waals surface area contributed by atoms with E-state index in [2.05, 4.69) is 17.6 Å². The molecule has 1 aliphatic carbocycles. The van der Waals surface area contributed by atoms with Crippen LogP contribution in [0.3, 0.4) is 0 Å². The predicted molar refractivity (Wildman–Crippen MR) is 112 cm³/mol. The molecule has 2 aromatic rings. The number of hydrogen-bond acceptors (Lipinski definition) is 5. The van der Waals surface area contributed by atoms with Crippen molar-refractivity contribution in [1.82, 2.24) is 5.32 Å². The number of carbonyl (C=O) groups excluding carboxylic acids is 2. The van der Waals surface area contributed by atoms with E-state index in [9.17, 15) is 18.4 Å². The number of anilines is 1. The minimum Gasteiger partial charge on any atom is -0.462 e. The highest BCUT2D eigenvalue weighted by Gasteiger charge is 2.29. The molecule has 5 nitrogen and oxygen atoms in total. The molecule has 3 rings (SSSR count). The van der Waals surface area contributed by atoms with Crippen LogP contribution in [0.1, 0.15) is 51.4 Å². The van der Waals surface area contributed by atoms with Gasteiger partial charge < -0.3 is 10.1 Å². The van der Waals surface area contributed by atoms with Gasteiger partial charge in [-0.15, -0.1) is 11.3 Å². The summed E-state index contributed by atoms with van der Waals surface area (Å²) < 4.78 is 31.6. The lowest BCUT2D eigenvalue weighted by Crippen LogP contribution is -2.34. The van der Waals surface area contributed by atoms with Gasteiger partial charge in [0.25, 0.3) is 5.91 Å². The van der Waals surface area contributed by atoms with Crippen LogP contribution in [0.4, 0.5) is 13.8 Å². The van der Waals surface area contributed by atoms with E-state index in [1.165, 1.54) is 11.3 Å². The minimum absolute atomic E-state index is 0.0445. The first-order valence-corrected chi connectivity index (χ1v) is 10.4. The highest BCUT2D eigenvalue weighted by molar-refractivity contribution is 7.80. The van der Waals surface area contributed by atoms with Crippen LogP contribution in [0, 0.1) is 17.6 Å². The number of esters is 1. The third-order valence-corrected chi connectivity index (χ3v) is 6.00. The number of benzene rings is 1. The second kappa shape index (κ2) is 8.96. The van der Waals surface area contributed by atoms with Gasteiger partial charge in [0.2, 0.25) is 0 Å². The average molecular weight is 439 g/mol. The van der Waals surface area contributed by atoms with E-state index in [4.69, 9.17) is 17.0 Å². The first-order chi connectivity index (χ1) is 13.8. The highest BCUT2D eigenvalue weighted by atomic mass is 32.1. The molecule has 1 heterocycles. The lowest BCUT2D eigenvalue weighted by molar-refractivity contribution is 0.0526. The molecule has 0 bridgehead atoms. The molecule has 0 saturated carbocycles. The first kappa shape index (κ1) is 21.3. The minimum atomic E-state index is -1.12. The first-order valence-electron chi connectivity index (χ1n) is 9.19. The number of halogens is 2. The zero-order valence-electron chi connectivity index (χ0n) is 15.9. The Balaban J connectivity index is 1.79. The number of carbonyl (C=O) groups is 2. The van der Waals surface area contributed by atoms with E-state index in [1.807, 2.05) is 0 Å². The van der Waals surface area contributed by atoms with Gasteiger partial charge in [0.15, 0.2) is 16.7 Å². The summed E-state index contributed by atoms with van der Waals surface area (Å²) >= 11 is 6.60. The molecule has 1 atom stereocenters. The Labute approximate surface area is 176 Å². The van der Waals surface area contributed by atoms with Crippen LogP contribution in [-0.2, 0) is 17.6 Å². The molecular weight excluding hydrogens is 418 g/mol. The third-order valence-electron chi connectivity index (χ3n) is 4.63. The molecule has 1 aromatic carbocycles. The summed E-state index contributed by atoms with van der Waals surface area (Å²) in [6.07, 6.45) is 2.62. The van der Waals surface area contributed by atoms with E-state index in [0.29, 0.717) is 16.5 Å². The largest absolute Gasteiger partial charge is 0.462 e. The molecule has 0 saturated heterocycles. The topological polar surface area (TPSA) is 67.4 Å². The Morgan fingerprint density at radius 3 is 2.76 bits per heavy atom. The Morgan fingerprint density at radius 1 is 1.31 bits per heavy atom. The van der Waals surface area contributed by atoms with Gasteiger partial charge in [-0.2, -0.15) is 0 Å². The van der Waals surface area contributed by atoms with E-state index < -0.39 is 23.5 Å². The van der Waals surface area contributed by atoms with Crippen LogP contribution in [0.2, 0.25) is 0 Å². The van der Waals surface area contributed by atoms with E-state index in [1.54, 1.807) is 6.92 Å². The molecule has 1 unspecified atom stereocenters. The number of amides is 1. The second-order valence-corrected chi connectivity index (χ2v) is 8.33. The van der Waals surface area contributed by atoms with Gasteiger partial charge in [-0.3, -0.25) is 10.1 Å². The van der Waals surface area contributed by atoms with Crippen LogP contribution >= 0.6 is 23.6 Å². The maximum atomic E-state index is 13.3. The van der Waals surface area contributed by atoms with Gasteiger partial charge in [-0.25, -0.2) is 13.6 Å². The number of thiocarbonyl (C=S) groups is 1. The quantitative estimate of drug-likeness (QED) is 0.545. The van der Waals surface area contributed by atoms with Gasteiger partial charge in [0.1, 0.15) is 5.00 Å². The fourth-order valence-electron chi connectivity index (χ4n) is 3.21. The zero-order valence-corrected chi connectivity index (χ0v) is 17.6. The molecule has 154 valence electrons. The van der Waals surface area contributed by atoms with Crippen LogP contribution in [0.5, 0.6) is 0 Å². The van der Waals surface area contributed by atoms with Crippen molar-refractivity contribution in [2.24, 2.45) is 5.92 Å². The fourth-order valence-corrected chi connectivity index (χ4v) is 4.87. The van der Waals surface area contributed by atoms with Gasteiger partial charge in [-0.05, 0) is 68.1 Å². The van der Waals surface area contributed by atoms with Crippen LogP contribution < -0.4 is 10.6 Å². The Hall–Kier alpha value is -2.39. The smallest absolute Gasteiger partial charge is 0.341 e. The lowest BCUT2D eigenvalue weighted by Gasteiger charge is -2.18. The maximum absolute atomic E-state index is 13.3. The van der Waals surface area contributed by atoms with Crippen molar-refractivity contribution < 1.29 is 23.1 Å². The van der Waals surface area contributed by atoms with E-state index in [0.717, 1.165) is 47.9 Å². The Bertz CT molecular complexity index is 975. The Kier molecular flexibility index (Phi) is 6.59.